The second-order valence-electron chi connectivity index (χ2n) is 5.31. The molecular weight excluding hydrogens is 194 g/mol. The van der Waals surface area contributed by atoms with Gasteiger partial charge in [-0.25, -0.2) is 0 Å². The van der Waals surface area contributed by atoms with Gasteiger partial charge in [-0.1, -0.05) is 39.8 Å². The number of nitrogens with zero attached hydrogens (tertiary/aromatic N) is 1. The largest absolute Gasteiger partial charge is 0.256 e. The first kappa shape index (κ1) is 11.1. The SMILES string of the molecule is CCc1ccnc2cc(C(C)(C)C)ccc12. The highest BCUT2D eigenvalue weighted by atomic mass is 14.6. The smallest absolute Gasteiger partial charge is 0.0707 e. The van der Waals surface area contributed by atoms with Gasteiger partial charge in [0.1, 0.15) is 0 Å². The molecular formula is C15H19N. The van der Waals surface area contributed by atoms with Crippen LogP contribution in [0.1, 0.15) is 38.8 Å². The molecule has 0 saturated carbocycles. The molecule has 0 amide bonds. The van der Waals surface area contributed by atoms with Gasteiger partial charge in [0.05, 0.1) is 5.52 Å². The maximum absolute atomic E-state index is 4.46. The summed E-state index contributed by atoms with van der Waals surface area (Å²) in [5, 5.41) is 1.29. The Morgan fingerprint density at radius 1 is 1.12 bits per heavy atom. The van der Waals surface area contributed by atoms with E-state index in [1.165, 1.54) is 16.5 Å². The van der Waals surface area contributed by atoms with Gasteiger partial charge in [0.25, 0.3) is 0 Å². The molecule has 1 aromatic heterocycles. The predicted molar refractivity (Wildman–Crippen MR) is 69.8 cm³/mol. The summed E-state index contributed by atoms with van der Waals surface area (Å²) in [5.41, 5.74) is 4.04. The van der Waals surface area contributed by atoms with Crippen LogP contribution < -0.4 is 0 Å². The van der Waals surface area contributed by atoms with Crippen LogP contribution >= 0.6 is 0 Å². The molecule has 2 aromatic rings. The third kappa shape index (κ3) is 1.95. The Labute approximate surface area is 97.5 Å². The fourth-order valence-electron chi connectivity index (χ4n) is 1.98. The molecule has 84 valence electrons. The minimum atomic E-state index is 0.193. The molecule has 0 unspecified atom stereocenters. The summed E-state index contributed by atoms with van der Waals surface area (Å²) in [6.45, 7) is 8.89. The Kier molecular flexibility index (Phi) is 2.71. The van der Waals surface area contributed by atoms with E-state index in [1.807, 2.05) is 6.20 Å². The van der Waals surface area contributed by atoms with Gasteiger partial charge in [0.2, 0.25) is 0 Å². The lowest BCUT2D eigenvalue weighted by Crippen LogP contribution is -2.10. The van der Waals surface area contributed by atoms with Gasteiger partial charge in [-0.2, -0.15) is 0 Å². The Bertz CT molecular complexity index is 506. The van der Waals surface area contributed by atoms with E-state index in [0.717, 1.165) is 11.9 Å². The molecule has 1 heteroatoms. The number of hydrogen-bond acceptors (Lipinski definition) is 1. The van der Waals surface area contributed by atoms with Gasteiger partial charge in [0, 0.05) is 11.6 Å². The lowest BCUT2D eigenvalue weighted by molar-refractivity contribution is 0.591. The normalized spacial score (nSPS) is 12.0. The van der Waals surface area contributed by atoms with Crippen molar-refractivity contribution < 1.29 is 0 Å². The summed E-state index contributed by atoms with van der Waals surface area (Å²) >= 11 is 0. The van der Waals surface area contributed by atoms with E-state index in [1.54, 1.807) is 0 Å². The van der Waals surface area contributed by atoms with Crippen LogP contribution in [0.15, 0.2) is 30.5 Å². The molecule has 0 aliphatic carbocycles. The van der Waals surface area contributed by atoms with Crippen molar-refractivity contribution in [2.45, 2.75) is 39.5 Å². The van der Waals surface area contributed by atoms with Crippen molar-refractivity contribution in [3.8, 4) is 0 Å². The average molecular weight is 213 g/mol. The van der Waals surface area contributed by atoms with Crippen LogP contribution in [0.3, 0.4) is 0 Å². The predicted octanol–water partition coefficient (Wildman–Crippen LogP) is 4.09. The zero-order valence-corrected chi connectivity index (χ0v) is 10.5. The highest BCUT2D eigenvalue weighted by Crippen LogP contribution is 2.26. The van der Waals surface area contributed by atoms with Crippen molar-refractivity contribution in [1.29, 1.82) is 0 Å². The molecule has 0 saturated heterocycles. The zero-order valence-electron chi connectivity index (χ0n) is 10.5. The van der Waals surface area contributed by atoms with Gasteiger partial charge < -0.3 is 0 Å². The van der Waals surface area contributed by atoms with Crippen LogP contribution in [-0.2, 0) is 11.8 Å². The topological polar surface area (TPSA) is 12.9 Å². The van der Waals surface area contributed by atoms with E-state index in [4.69, 9.17) is 0 Å². The summed E-state index contributed by atoms with van der Waals surface area (Å²) in [6, 6.07) is 8.76. The molecule has 1 heterocycles. The Morgan fingerprint density at radius 3 is 2.50 bits per heavy atom. The number of aryl methyl sites for hydroxylation is 1. The molecule has 0 fully saturated rings. The van der Waals surface area contributed by atoms with Crippen molar-refractivity contribution in [1.82, 2.24) is 4.98 Å². The molecule has 0 atom stereocenters. The van der Waals surface area contributed by atoms with Gasteiger partial charge in [0.15, 0.2) is 0 Å². The highest BCUT2D eigenvalue weighted by Gasteiger charge is 2.14. The average Bonchev–Trinajstić information content (AvgIpc) is 2.26. The second kappa shape index (κ2) is 3.89. The van der Waals surface area contributed by atoms with Gasteiger partial charge in [-0.05, 0) is 35.1 Å². The highest BCUT2D eigenvalue weighted by molar-refractivity contribution is 5.82. The summed E-state index contributed by atoms with van der Waals surface area (Å²) in [4.78, 5) is 4.46. The van der Waals surface area contributed by atoms with Crippen LogP contribution in [-0.4, -0.2) is 4.98 Å². The molecule has 1 aromatic carbocycles. The van der Waals surface area contributed by atoms with E-state index in [9.17, 15) is 0 Å². The fourth-order valence-corrected chi connectivity index (χ4v) is 1.98. The van der Waals surface area contributed by atoms with Crippen LogP contribution in [0.2, 0.25) is 0 Å². The van der Waals surface area contributed by atoms with Crippen molar-refractivity contribution in [3.05, 3.63) is 41.6 Å². The van der Waals surface area contributed by atoms with Crippen LogP contribution in [0, 0.1) is 0 Å². The maximum Gasteiger partial charge on any atom is 0.0707 e. The molecule has 0 N–H and O–H groups in total. The molecule has 0 aliphatic heterocycles. The maximum atomic E-state index is 4.46. The molecule has 0 aliphatic rings. The summed E-state index contributed by atoms with van der Waals surface area (Å²) in [6.07, 6.45) is 2.97. The van der Waals surface area contributed by atoms with E-state index in [0.29, 0.717) is 0 Å². The Hall–Kier alpha value is -1.37. The summed E-state index contributed by atoms with van der Waals surface area (Å²) < 4.78 is 0. The Balaban J connectivity index is 2.64. The molecule has 16 heavy (non-hydrogen) atoms. The number of benzene rings is 1. The quantitative estimate of drug-likeness (QED) is 0.695. The van der Waals surface area contributed by atoms with Crippen LogP contribution in [0.5, 0.6) is 0 Å². The number of hydrogen-bond donors (Lipinski definition) is 0. The lowest BCUT2D eigenvalue weighted by atomic mass is 9.86. The minimum Gasteiger partial charge on any atom is -0.256 e. The van der Waals surface area contributed by atoms with E-state index in [2.05, 4.69) is 56.9 Å². The number of rotatable bonds is 1. The molecule has 0 radical (unpaired) electrons. The minimum absolute atomic E-state index is 0.193. The van der Waals surface area contributed by atoms with Crippen LogP contribution in [0.4, 0.5) is 0 Å². The van der Waals surface area contributed by atoms with Crippen molar-refractivity contribution in [2.24, 2.45) is 0 Å². The number of fused-ring (bicyclic) bond motifs is 1. The number of pyridine rings is 1. The zero-order chi connectivity index (χ0) is 11.8. The first-order valence-electron chi connectivity index (χ1n) is 5.90. The first-order chi connectivity index (χ1) is 7.52. The van der Waals surface area contributed by atoms with Crippen molar-refractivity contribution >= 4 is 10.9 Å². The van der Waals surface area contributed by atoms with Crippen LogP contribution in [0.25, 0.3) is 10.9 Å². The van der Waals surface area contributed by atoms with Gasteiger partial charge in [-0.3, -0.25) is 4.98 Å². The van der Waals surface area contributed by atoms with Gasteiger partial charge >= 0.3 is 0 Å². The fraction of sp³-hybridized carbons (Fsp3) is 0.400. The second-order valence-corrected chi connectivity index (χ2v) is 5.31. The summed E-state index contributed by atoms with van der Waals surface area (Å²) in [7, 11) is 0. The summed E-state index contributed by atoms with van der Waals surface area (Å²) in [5.74, 6) is 0. The number of aromatic nitrogens is 1. The third-order valence-electron chi connectivity index (χ3n) is 3.08. The van der Waals surface area contributed by atoms with Crippen molar-refractivity contribution in [2.75, 3.05) is 0 Å². The molecule has 1 nitrogen and oxygen atoms in total. The molecule has 2 rings (SSSR count). The first-order valence-corrected chi connectivity index (χ1v) is 5.90. The van der Waals surface area contributed by atoms with E-state index >= 15 is 0 Å². The van der Waals surface area contributed by atoms with Crippen molar-refractivity contribution in [3.63, 3.8) is 0 Å². The molecule has 0 spiro atoms. The third-order valence-corrected chi connectivity index (χ3v) is 3.08. The Morgan fingerprint density at radius 2 is 1.88 bits per heavy atom. The van der Waals surface area contributed by atoms with E-state index in [-0.39, 0.29) is 5.41 Å². The molecule has 0 bridgehead atoms. The lowest BCUT2D eigenvalue weighted by Gasteiger charge is -2.19. The van der Waals surface area contributed by atoms with E-state index < -0.39 is 0 Å². The standard InChI is InChI=1S/C15H19N/c1-5-11-8-9-16-14-10-12(15(2,3)4)6-7-13(11)14/h6-10H,5H2,1-4H3. The monoisotopic (exact) mass is 213 g/mol. The van der Waals surface area contributed by atoms with Gasteiger partial charge in [-0.15, -0.1) is 0 Å².